The molecule has 1 unspecified atom stereocenters. The number of carbonyl (C=O) groups is 1. The van der Waals surface area contributed by atoms with Crippen molar-refractivity contribution in [3.63, 3.8) is 0 Å². The van der Waals surface area contributed by atoms with Gasteiger partial charge in [-0.15, -0.1) is 0 Å². The summed E-state index contributed by atoms with van der Waals surface area (Å²) in [6, 6.07) is 3.38. The van der Waals surface area contributed by atoms with E-state index in [2.05, 4.69) is 0 Å². The summed E-state index contributed by atoms with van der Waals surface area (Å²) < 4.78 is 0. The van der Waals surface area contributed by atoms with Gasteiger partial charge in [0.1, 0.15) is 12.2 Å². The Labute approximate surface area is 47.1 Å². The predicted octanol–water partition coefficient (Wildman–Crippen LogP) is 0.239. The molecule has 0 heterocycles. The maximum Gasteiger partial charge on any atom is 0.138 e. The predicted molar refractivity (Wildman–Crippen MR) is 25.4 cm³/mol. The molecule has 0 fully saturated rings. The Morgan fingerprint density at radius 1 is 1.62 bits per heavy atom. The lowest BCUT2D eigenvalue weighted by Gasteiger charge is -1.84. The van der Waals surface area contributed by atoms with Crippen LogP contribution in [0.2, 0.25) is 0 Å². The van der Waals surface area contributed by atoms with Crippen molar-refractivity contribution in [1.29, 1.82) is 10.5 Å². The third-order valence-corrected chi connectivity index (χ3v) is 0.641. The molecule has 1 atom stereocenters. The number of hydrogen-bond acceptors (Lipinski definition) is 3. The molecular formula is C5H4N2O. The summed E-state index contributed by atoms with van der Waals surface area (Å²) in [5.74, 6) is -0.736. The molecule has 0 rings (SSSR count). The minimum Gasteiger partial charge on any atom is -0.302 e. The molecule has 0 aromatic rings. The van der Waals surface area contributed by atoms with Gasteiger partial charge >= 0.3 is 0 Å². The molecule has 0 amide bonds. The Kier molecular flexibility index (Phi) is 3.18. The standard InChI is InChI=1S/C5H4N2O/c6-2-1-5(3-7)4-8/h4-5H,1H2. The van der Waals surface area contributed by atoms with Crippen LogP contribution < -0.4 is 0 Å². The molecule has 0 aromatic carbocycles. The van der Waals surface area contributed by atoms with Crippen LogP contribution in [-0.2, 0) is 4.79 Å². The molecule has 8 heavy (non-hydrogen) atoms. The largest absolute Gasteiger partial charge is 0.302 e. The molecule has 3 heteroatoms. The lowest BCUT2D eigenvalue weighted by Crippen LogP contribution is -1.94. The van der Waals surface area contributed by atoms with Crippen LogP contribution in [0.5, 0.6) is 0 Å². The molecule has 0 aliphatic rings. The molecule has 0 aliphatic carbocycles. The Balaban J connectivity index is 3.61. The van der Waals surface area contributed by atoms with Crippen molar-refractivity contribution < 1.29 is 4.79 Å². The second-order valence-corrected chi connectivity index (χ2v) is 1.23. The van der Waals surface area contributed by atoms with Crippen LogP contribution >= 0.6 is 0 Å². The SMILES string of the molecule is N#CCC(C#N)C=O. The summed E-state index contributed by atoms with van der Waals surface area (Å²) in [5.41, 5.74) is 0. The number of hydrogen-bond donors (Lipinski definition) is 0. The van der Waals surface area contributed by atoms with E-state index < -0.39 is 5.92 Å². The third-order valence-electron chi connectivity index (χ3n) is 0.641. The van der Waals surface area contributed by atoms with Crippen molar-refractivity contribution in [2.45, 2.75) is 6.42 Å². The summed E-state index contributed by atoms with van der Waals surface area (Å²) in [7, 11) is 0. The number of rotatable bonds is 2. The van der Waals surface area contributed by atoms with Crippen molar-refractivity contribution >= 4 is 6.29 Å². The first kappa shape index (κ1) is 6.65. The molecule has 0 saturated carbocycles. The highest BCUT2D eigenvalue weighted by atomic mass is 16.1. The van der Waals surface area contributed by atoms with Crippen molar-refractivity contribution in [2.75, 3.05) is 0 Å². The fourth-order valence-corrected chi connectivity index (χ4v) is 0.223. The first-order valence-electron chi connectivity index (χ1n) is 2.07. The minimum atomic E-state index is -0.736. The zero-order chi connectivity index (χ0) is 6.41. The fourth-order valence-electron chi connectivity index (χ4n) is 0.223. The Morgan fingerprint density at radius 3 is 2.38 bits per heavy atom. The quantitative estimate of drug-likeness (QED) is 0.476. The van der Waals surface area contributed by atoms with Crippen LogP contribution in [0.1, 0.15) is 6.42 Å². The topological polar surface area (TPSA) is 64.7 Å². The third kappa shape index (κ3) is 1.94. The van der Waals surface area contributed by atoms with Gasteiger partial charge in [0.25, 0.3) is 0 Å². The van der Waals surface area contributed by atoms with Gasteiger partial charge in [-0.05, 0) is 0 Å². The molecule has 0 spiro atoms. The number of nitriles is 2. The van der Waals surface area contributed by atoms with Crippen molar-refractivity contribution in [3.05, 3.63) is 0 Å². The molecule has 40 valence electrons. The van der Waals surface area contributed by atoms with Gasteiger partial charge in [-0.3, -0.25) is 0 Å². The summed E-state index contributed by atoms with van der Waals surface area (Å²) in [5, 5.41) is 16.0. The summed E-state index contributed by atoms with van der Waals surface area (Å²) >= 11 is 0. The van der Waals surface area contributed by atoms with Crippen LogP contribution in [0, 0.1) is 28.6 Å². The van der Waals surface area contributed by atoms with Gasteiger partial charge < -0.3 is 4.79 Å². The van der Waals surface area contributed by atoms with Gasteiger partial charge in [0.15, 0.2) is 0 Å². The van der Waals surface area contributed by atoms with Crippen molar-refractivity contribution in [3.8, 4) is 12.1 Å². The number of nitrogens with zero attached hydrogens (tertiary/aromatic N) is 2. The van der Waals surface area contributed by atoms with E-state index in [4.69, 9.17) is 10.5 Å². The molecule has 0 saturated heterocycles. The average molecular weight is 108 g/mol. The van der Waals surface area contributed by atoms with Gasteiger partial charge in [-0.25, -0.2) is 0 Å². The second-order valence-electron chi connectivity index (χ2n) is 1.23. The summed E-state index contributed by atoms with van der Waals surface area (Å²) in [6.07, 6.45) is 0.475. The fraction of sp³-hybridized carbons (Fsp3) is 0.400. The highest BCUT2D eigenvalue weighted by Crippen LogP contribution is 1.92. The Hall–Kier alpha value is -1.35. The lowest BCUT2D eigenvalue weighted by molar-refractivity contribution is -0.109. The smallest absolute Gasteiger partial charge is 0.138 e. The molecule has 0 bridgehead atoms. The van der Waals surface area contributed by atoms with E-state index in [9.17, 15) is 4.79 Å². The zero-order valence-electron chi connectivity index (χ0n) is 4.16. The van der Waals surface area contributed by atoms with E-state index >= 15 is 0 Å². The molecule has 3 nitrogen and oxygen atoms in total. The van der Waals surface area contributed by atoms with E-state index in [1.807, 2.05) is 0 Å². The first-order chi connectivity index (χ1) is 3.85. The minimum absolute atomic E-state index is 0. The zero-order valence-corrected chi connectivity index (χ0v) is 4.16. The monoisotopic (exact) mass is 108 g/mol. The highest BCUT2D eigenvalue weighted by Gasteiger charge is 2.01. The van der Waals surface area contributed by atoms with Gasteiger partial charge in [-0.2, -0.15) is 10.5 Å². The number of aldehydes is 1. The van der Waals surface area contributed by atoms with Crippen molar-refractivity contribution in [1.82, 2.24) is 0 Å². The van der Waals surface area contributed by atoms with E-state index in [1.54, 1.807) is 12.1 Å². The Bertz CT molecular complexity index is 151. The maximum atomic E-state index is 9.75. The van der Waals surface area contributed by atoms with Gasteiger partial charge in [0.2, 0.25) is 0 Å². The van der Waals surface area contributed by atoms with E-state index in [-0.39, 0.29) is 6.42 Å². The number of carbonyl (C=O) groups excluding carboxylic acids is 1. The van der Waals surface area contributed by atoms with Crippen LogP contribution in [0.25, 0.3) is 0 Å². The molecule has 0 N–H and O–H groups in total. The molecule has 0 radical (unpaired) electrons. The summed E-state index contributed by atoms with van der Waals surface area (Å²) in [4.78, 5) is 9.75. The van der Waals surface area contributed by atoms with E-state index in [0.717, 1.165) is 0 Å². The normalized spacial score (nSPS) is 10.8. The van der Waals surface area contributed by atoms with Crippen LogP contribution in [0.3, 0.4) is 0 Å². The van der Waals surface area contributed by atoms with E-state index in [0.29, 0.717) is 6.29 Å². The van der Waals surface area contributed by atoms with Crippen molar-refractivity contribution in [2.24, 2.45) is 5.92 Å². The van der Waals surface area contributed by atoms with Crippen LogP contribution in [0.15, 0.2) is 0 Å². The van der Waals surface area contributed by atoms with Gasteiger partial charge in [-0.1, -0.05) is 0 Å². The molecule has 0 aromatic heterocycles. The Morgan fingerprint density at radius 2 is 2.25 bits per heavy atom. The van der Waals surface area contributed by atoms with Gasteiger partial charge in [0.05, 0.1) is 18.6 Å². The highest BCUT2D eigenvalue weighted by molar-refractivity contribution is 5.57. The second kappa shape index (κ2) is 3.83. The molecular weight excluding hydrogens is 104 g/mol. The molecule has 0 aliphatic heterocycles. The van der Waals surface area contributed by atoms with Crippen LogP contribution in [0.4, 0.5) is 0 Å². The average Bonchev–Trinajstić information content (AvgIpc) is 1.83. The van der Waals surface area contributed by atoms with Gasteiger partial charge in [0, 0.05) is 0 Å². The van der Waals surface area contributed by atoms with Crippen LogP contribution in [-0.4, -0.2) is 6.29 Å². The maximum absolute atomic E-state index is 9.75. The first-order valence-corrected chi connectivity index (χ1v) is 2.07. The lowest BCUT2D eigenvalue weighted by atomic mass is 10.1. The van der Waals surface area contributed by atoms with E-state index in [1.165, 1.54) is 0 Å². The summed E-state index contributed by atoms with van der Waals surface area (Å²) in [6.45, 7) is 0.